The first kappa shape index (κ1) is 34.8. The zero-order chi connectivity index (χ0) is 32.9. The van der Waals surface area contributed by atoms with Crippen molar-refractivity contribution in [1.29, 1.82) is 0 Å². The highest BCUT2D eigenvalue weighted by molar-refractivity contribution is 5.95. The number of carbonyl (C=O) groups is 4. The van der Waals surface area contributed by atoms with Crippen molar-refractivity contribution < 1.29 is 32.3 Å². The fourth-order valence-corrected chi connectivity index (χ4v) is 4.81. The maximum absolute atomic E-state index is 14.2. The zero-order valence-electron chi connectivity index (χ0n) is 25.6. The number of amides is 4. The molecule has 8 nitrogen and oxygen atoms in total. The molecule has 240 valence electrons. The average Bonchev–Trinajstić information content (AvgIpc) is 3.00. The highest BCUT2D eigenvalue weighted by atomic mass is 19.1. The normalized spacial score (nSPS) is 12.2. The van der Waals surface area contributed by atoms with Crippen LogP contribution in [0.1, 0.15) is 50.3 Å². The summed E-state index contributed by atoms with van der Waals surface area (Å²) in [5, 5.41) is 7.83. The van der Waals surface area contributed by atoms with Crippen LogP contribution in [0.3, 0.4) is 0 Å². The number of rotatable bonds is 15. The number of hydrogen-bond donors (Lipinski definition) is 3. The van der Waals surface area contributed by atoms with Crippen LogP contribution in [0.2, 0.25) is 0 Å². The molecule has 0 bridgehead atoms. The van der Waals surface area contributed by atoms with Gasteiger partial charge in [-0.05, 0) is 56.5 Å². The van der Waals surface area contributed by atoms with Crippen molar-refractivity contribution in [3.05, 3.63) is 107 Å². The van der Waals surface area contributed by atoms with Gasteiger partial charge in [-0.1, -0.05) is 48.5 Å². The van der Waals surface area contributed by atoms with Crippen molar-refractivity contribution in [1.82, 2.24) is 20.9 Å². The van der Waals surface area contributed by atoms with Crippen LogP contribution >= 0.6 is 0 Å². The number of carbonyl (C=O) groups excluding carboxylic acids is 4. The SMILES string of the molecule is CCN(C(=O)C[C@H](NC(=O)CCc1ccccc1)C(=O)N[C@@H](Cc1ccc(F)cc1)C(=O)NCc1ccc(F)cc1F)C(C)C. The molecule has 0 spiro atoms. The minimum atomic E-state index is -1.30. The Morgan fingerprint density at radius 2 is 1.44 bits per heavy atom. The van der Waals surface area contributed by atoms with E-state index in [2.05, 4.69) is 16.0 Å². The van der Waals surface area contributed by atoms with Gasteiger partial charge < -0.3 is 20.9 Å². The zero-order valence-corrected chi connectivity index (χ0v) is 25.6. The van der Waals surface area contributed by atoms with Gasteiger partial charge in [0.05, 0.1) is 6.42 Å². The molecule has 3 rings (SSSR count). The number of nitrogens with one attached hydrogen (secondary N) is 3. The Balaban J connectivity index is 1.80. The molecule has 4 amide bonds. The molecule has 0 aliphatic heterocycles. The summed E-state index contributed by atoms with van der Waals surface area (Å²) < 4.78 is 41.1. The molecule has 0 saturated heterocycles. The molecule has 0 aromatic heterocycles. The molecule has 0 fully saturated rings. The number of nitrogens with zero attached hydrogens (tertiary/aromatic N) is 1. The molecule has 3 N–H and O–H groups in total. The largest absolute Gasteiger partial charge is 0.350 e. The predicted octanol–water partition coefficient (Wildman–Crippen LogP) is 4.21. The number of aryl methyl sites for hydroxylation is 1. The molecule has 2 atom stereocenters. The first-order valence-electron chi connectivity index (χ1n) is 14.9. The summed E-state index contributed by atoms with van der Waals surface area (Å²) in [6.45, 7) is 5.57. The van der Waals surface area contributed by atoms with Crippen molar-refractivity contribution in [3.63, 3.8) is 0 Å². The van der Waals surface area contributed by atoms with Gasteiger partial charge in [-0.2, -0.15) is 0 Å². The number of hydrogen-bond acceptors (Lipinski definition) is 4. The van der Waals surface area contributed by atoms with Gasteiger partial charge >= 0.3 is 0 Å². The van der Waals surface area contributed by atoms with E-state index < -0.39 is 47.3 Å². The van der Waals surface area contributed by atoms with Crippen molar-refractivity contribution in [3.8, 4) is 0 Å². The van der Waals surface area contributed by atoms with Crippen LogP contribution < -0.4 is 16.0 Å². The molecule has 11 heteroatoms. The Bertz CT molecular complexity index is 1450. The Labute approximate surface area is 261 Å². The average molecular weight is 625 g/mol. The summed E-state index contributed by atoms with van der Waals surface area (Å²) in [6.07, 6.45) is 0.0595. The van der Waals surface area contributed by atoms with Gasteiger partial charge in [0.15, 0.2) is 0 Å². The van der Waals surface area contributed by atoms with E-state index in [9.17, 15) is 32.3 Å². The van der Waals surface area contributed by atoms with Crippen LogP contribution in [0.25, 0.3) is 0 Å². The smallest absolute Gasteiger partial charge is 0.243 e. The second-order valence-corrected chi connectivity index (χ2v) is 10.9. The highest BCUT2D eigenvalue weighted by Gasteiger charge is 2.30. The van der Waals surface area contributed by atoms with Gasteiger partial charge in [0.25, 0.3) is 0 Å². The lowest BCUT2D eigenvalue weighted by Crippen LogP contribution is -2.55. The third-order valence-electron chi connectivity index (χ3n) is 7.25. The van der Waals surface area contributed by atoms with Crippen LogP contribution in [0.4, 0.5) is 13.2 Å². The van der Waals surface area contributed by atoms with Crippen molar-refractivity contribution in [2.45, 2.75) is 71.1 Å². The van der Waals surface area contributed by atoms with Crippen LogP contribution in [-0.2, 0) is 38.6 Å². The van der Waals surface area contributed by atoms with Gasteiger partial charge in [0.2, 0.25) is 23.6 Å². The van der Waals surface area contributed by atoms with Crippen LogP contribution in [0, 0.1) is 17.5 Å². The molecule has 3 aromatic carbocycles. The lowest BCUT2D eigenvalue weighted by molar-refractivity contribution is -0.138. The van der Waals surface area contributed by atoms with E-state index in [1.807, 2.05) is 44.2 Å². The third-order valence-corrected chi connectivity index (χ3v) is 7.25. The van der Waals surface area contributed by atoms with Crippen LogP contribution in [0.5, 0.6) is 0 Å². The summed E-state index contributed by atoms with van der Waals surface area (Å²) in [6, 6.07) is 14.9. The second-order valence-electron chi connectivity index (χ2n) is 10.9. The molecule has 45 heavy (non-hydrogen) atoms. The molecule has 0 saturated carbocycles. The lowest BCUT2D eigenvalue weighted by atomic mass is 10.0. The van der Waals surface area contributed by atoms with Gasteiger partial charge in [-0.25, -0.2) is 13.2 Å². The lowest BCUT2D eigenvalue weighted by Gasteiger charge is -2.28. The minimum absolute atomic E-state index is 0.0269. The maximum atomic E-state index is 14.2. The molecule has 0 aliphatic rings. The van der Waals surface area contributed by atoms with Crippen molar-refractivity contribution >= 4 is 23.6 Å². The first-order valence-corrected chi connectivity index (χ1v) is 14.9. The summed E-state index contributed by atoms with van der Waals surface area (Å²) in [5.74, 6) is -4.39. The van der Waals surface area contributed by atoms with Gasteiger partial charge in [-0.15, -0.1) is 0 Å². The van der Waals surface area contributed by atoms with Crippen LogP contribution in [-0.4, -0.2) is 53.2 Å². The Hall–Kier alpha value is -4.67. The second kappa shape index (κ2) is 17.0. The van der Waals surface area contributed by atoms with E-state index in [1.54, 1.807) is 11.8 Å². The Morgan fingerprint density at radius 1 is 0.778 bits per heavy atom. The van der Waals surface area contributed by atoms with Crippen molar-refractivity contribution in [2.75, 3.05) is 6.54 Å². The van der Waals surface area contributed by atoms with Gasteiger partial charge in [0.1, 0.15) is 29.5 Å². The molecule has 0 radical (unpaired) electrons. The van der Waals surface area contributed by atoms with E-state index in [0.29, 0.717) is 24.6 Å². The standard InChI is InChI=1S/C34H39F3N4O4/c1-4-41(22(2)3)32(43)20-30(39-31(42)17-12-23-8-6-5-7-9-23)34(45)40-29(18-24-10-14-26(35)15-11-24)33(44)38-21-25-13-16-27(36)19-28(25)37/h5-11,13-16,19,22,29-30H,4,12,17-18,20-21H2,1-3H3,(H,38,44)(H,39,42)(H,40,45)/t29-,30-/m0/s1. The summed E-state index contributed by atoms with van der Waals surface area (Å²) >= 11 is 0. The van der Waals surface area contributed by atoms with E-state index in [0.717, 1.165) is 11.6 Å². The number of benzene rings is 3. The monoisotopic (exact) mass is 624 g/mol. The molecule has 0 heterocycles. The van der Waals surface area contributed by atoms with E-state index >= 15 is 0 Å². The Morgan fingerprint density at radius 3 is 2.07 bits per heavy atom. The molecular formula is C34H39F3N4O4. The molecular weight excluding hydrogens is 585 g/mol. The third kappa shape index (κ3) is 11.1. The number of halogens is 3. The molecule has 0 aliphatic carbocycles. The minimum Gasteiger partial charge on any atom is -0.350 e. The Kier molecular flexibility index (Phi) is 13.1. The topological polar surface area (TPSA) is 108 Å². The van der Waals surface area contributed by atoms with Gasteiger partial charge in [0, 0.05) is 43.6 Å². The summed E-state index contributed by atoms with van der Waals surface area (Å²) in [7, 11) is 0. The predicted molar refractivity (Wildman–Crippen MR) is 164 cm³/mol. The van der Waals surface area contributed by atoms with Gasteiger partial charge in [-0.3, -0.25) is 19.2 Å². The molecule has 0 unspecified atom stereocenters. The highest BCUT2D eigenvalue weighted by Crippen LogP contribution is 2.12. The summed E-state index contributed by atoms with van der Waals surface area (Å²) in [5.41, 5.74) is 1.47. The quantitative estimate of drug-likeness (QED) is 0.236. The summed E-state index contributed by atoms with van der Waals surface area (Å²) in [4.78, 5) is 54.7. The van der Waals surface area contributed by atoms with Crippen LogP contribution in [0.15, 0.2) is 72.8 Å². The first-order chi connectivity index (χ1) is 21.5. The fourth-order valence-electron chi connectivity index (χ4n) is 4.81. The molecule has 3 aromatic rings. The van der Waals surface area contributed by atoms with E-state index in [-0.39, 0.29) is 43.3 Å². The van der Waals surface area contributed by atoms with Crippen molar-refractivity contribution in [2.24, 2.45) is 0 Å². The maximum Gasteiger partial charge on any atom is 0.243 e. The van der Waals surface area contributed by atoms with E-state index in [1.165, 1.54) is 30.3 Å². The fraction of sp³-hybridized carbons (Fsp3) is 0.353. The van der Waals surface area contributed by atoms with E-state index in [4.69, 9.17) is 0 Å².